The minimum atomic E-state index is -5.14. The number of hydrogen-bond donors (Lipinski definition) is 0. The van der Waals surface area contributed by atoms with Crippen LogP contribution in [0.1, 0.15) is 0 Å². The van der Waals surface area contributed by atoms with Crippen LogP contribution in [0.15, 0.2) is 18.2 Å². The minimum absolute atomic E-state index is 0. The van der Waals surface area contributed by atoms with Crippen LogP contribution in [0.3, 0.4) is 0 Å². The second-order valence-electron chi connectivity index (χ2n) is 2.25. The number of rotatable bonds is 1. The molecule has 66 valence electrons. The molecule has 0 aliphatic heterocycles. The van der Waals surface area contributed by atoms with Crippen LogP contribution < -0.4 is 56.8 Å². The number of benzene rings is 1. The maximum atomic E-state index is 12.5. The zero-order valence-electron chi connectivity index (χ0n) is 6.70. The van der Waals surface area contributed by atoms with Gasteiger partial charge >= 0.3 is 58.4 Å². The molecule has 0 saturated heterocycles. The van der Waals surface area contributed by atoms with Crippen molar-refractivity contribution in [1.82, 2.24) is 0 Å². The van der Waals surface area contributed by atoms with Crippen molar-refractivity contribution in [3.05, 3.63) is 29.0 Å². The summed E-state index contributed by atoms with van der Waals surface area (Å²) in [5.41, 5.74) is -0.975. The van der Waals surface area contributed by atoms with Gasteiger partial charge in [0.1, 0.15) is 5.82 Å². The van der Waals surface area contributed by atoms with E-state index in [-0.39, 0.29) is 56.4 Å². The largest absolute Gasteiger partial charge is 1.00 e. The van der Waals surface area contributed by atoms with Gasteiger partial charge in [-0.25, -0.2) is 4.39 Å². The summed E-state index contributed by atoms with van der Waals surface area (Å²) in [5.74, 6) is -1.05. The molecular weight excluding hydrogens is 233 g/mol. The third kappa shape index (κ3) is 3.89. The Hall–Kier alpha value is 0.931. The molecule has 0 saturated carbocycles. The second kappa shape index (κ2) is 5.14. The van der Waals surface area contributed by atoms with E-state index < -0.39 is 18.3 Å². The molecule has 1 rings (SSSR count). The SMILES string of the molecule is Fc1cc([B-](F)(F)F)ccc1Cl.[K+]. The fraction of sp³-hybridized carbons (Fsp3) is 0. The Morgan fingerprint density at radius 2 is 1.69 bits per heavy atom. The summed E-state index contributed by atoms with van der Waals surface area (Å²) < 4.78 is 48.3. The van der Waals surface area contributed by atoms with Crippen molar-refractivity contribution >= 4 is 24.0 Å². The first-order chi connectivity index (χ1) is 5.41. The molecule has 0 fully saturated rings. The van der Waals surface area contributed by atoms with E-state index in [9.17, 15) is 17.3 Å². The average molecular weight is 236 g/mol. The fourth-order valence-corrected chi connectivity index (χ4v) is 0.834. The summed E-state index contributed by atoms with van der Waals surface area (Å²) in [6, 6.07) is 2.04. The van der Waals surface area contributed by atoms with E-state index >= 15 is 0 Å². The van der Waals surface area contributed by atoms with Crippen LogP contribution >= 0.6 is 11.6 Å². The van der Waals surface area contributed by atoms with Crippen LogP contribution in [-0.2, 0) is 0 Å². The van der Waals surface area contributed by atoms with Crippen molar-refractivity contribution in [2.24, 2.45) is 0 Å². The van der Waals surface area contributed by atoms with Gasteiger partial charge in [0.15, 0.2) is 0 Å². The van der Waals surface area contributed by atoms with Crippen LogP contribution in [-0.4, -0.2) is 6.98 Å². The van der Waals surface area contributed by atoms with E-state index in [0.29, 0.717) is 6.07 Å². The molecule has 0 spiro atoms. The molecule has 0 N–H and O–H groups in total. The van der Waals surface area contributed by atoms with Gasteiger partial charge in [-0.3, -0.25) is 0 Å². The van der Waals surface area contributed by atoms with Gasteiger partial charge in [-0.1, -0.05) is 23.7 Å². The predicted octanol–water partition coefficient (Wildman–Crippen LogP) is -0.462. The van der Waals surface area contributed by atoms with Crippen molar-refractivity contribution < 1.29 is 68.7 Å². The zero-order chi connectivity index (χ0) is 9.35. The van der Waals surface area contributed by atoms with Crippen LogP contribution in [0.5, 0.6) is 0 Å². The molecule has 0 radical (unpaired) electrons. The van der Waals surface area contributed by atoms with Crippen LogP contribution in [0.4, 0.5) is 17.3 Å². The molecule has 1 aromatic carbocycles. The topological polar surface area (TPSA) is 0 Å². The monoisotopic (exact) mass is 236 g/mol. The summed E-state index contributed by atoms with van der Waals surface area (Å²) in [7, 11) is 0. The Balaban J connectivity index is 0.00000144. The average Bonchev–Trinajstić information content (AvgIpc) is 1.92. The predicted molar refractivity (Wildman–Crippen MR) is 40.1 cm³/mol. The van der Waals surface area contributed by atoms with Crippen LogP contribution in [0.25, 0.3) is 0 Å². The Morgan fingerprint density at radius 1 is 1.15 bits per heavy atom. The van der Waals surface area contributed by atoms with E-state index in [1.165, 1.54) is 0 Å². The molecule has 0 heterocycles. The van der Waals surface area contributed by atoms with Crippen molar-refractivity contribution in [3.63, 3.8) is 0 Å². The summed E-state index contributed by atoms with van der Waals surface area (Å²) in [4.78, 5) is 0. The summed E-state index contributed by atoms with van der Waals surface area (Å²) in [5, 5.41) is -0.307. The molecule has 0 aliphatic rings. The van der Waals surface area contributed by atoms with Crippen LogP contribution in [0.2, 0.25) is 5.02 Å². The normalized spacial score (nSPS) is 10.8. The van der Waals surface area contributed by atoms with Crippen molar-refractivity contribution in [2.75, 3.05) is 0 Å². The molecule has 0 aromatic heterocycles. The van der Waals surface area contributed by atoms with Crippen molar-refractivity contribution in [2.45, 2.75) is 0 Å². The molecular formula is C6H3BClF4K. The summed E-state index contributed by atoms with van der Waals surface area (Å²) >= 11 is 5.20. The smallest absolute Gasteiger partial charge is 0.445 e. The fourth-order valence-electron chi connectivity index (χ4n) is 0.716. The van der Waals surface area contributed by atoms with Gasteiger partial charge in [0.2, 0.25) is 0 Å². The molecule has 1 aromatic rings. The van der Waals surface area contributed by atoms with Gasteiger partial charge in [0.25, 0.3) is 0 Å². The number of hydrogen-bond acceptors (Lipinski definition) is 0. The van der Waals surface area contributed by atoms with Gasteiger partial charge in [-0.15, -0.1) is 5.46 Å². The molecule has 0 bridgehead atoms. The van der Waals surface area contributed by atoms with E-state index in [1.54, 1.807) is 0 Å². The Morgan fingerprint density at radius 3 is 2.08 bits per heavy atom. The van der Waals surface area contributed by atoms with Crippen molar-refractivity contribution in [1.29, 1.82) is 0 Å². The Kier molecular flexibility index (Phi) is 5.50. The molecule has 0 unspecified atom stereocenters. The van der Waals surface area contributed by atoms with E-state index in [4.69, 9.17) is 11.6 Å². The molecule has 0 amide bonds. The van der Waals surface area contributed by atoms with Gasteiger partial charge in [0.05, 0.1) is 5.02 Å². The standard InChI is InChI=1S/C6H3BClF4.K/c8-5-2-1-4(3-6(5)9)7(10,11)12;/h1-3H;/q-1;+1. The molecule has 0 aliphatic carbocycles. The molecule has 7 heteroatoms. The summed E-state index contributed by atoms with van der Waals surface area (Å²) in [6.07, 6.45) is 0. The van der Waals surface area contributed by atoms with E-state index in [1.807, 2.05) is 0 Å². The first-order valence-corrected chi connectivity index (χ1v) is 3.44. The third-order valence-electron chi connectivity index (χ3n) is 1.32. The molecule has 0 atom stereocenters. The van der Waals surface area contributed by atoms with E-state index in [2.05, 4.69) is 0 Å². The first-order valence-electron chi connectivity index (χ1n) is 3.06. The third-order valence-corrected chi connectivity index (χ3v) is 1.63. The van der Waals surface area contributed by atoms with Crippen LogP contribution in [0, 0.1) is 5.82 Å². The minimum Gasteiger partial charge on any atom is -0.445 e. The van der Waals surface area contributed by atoms with E-state index in [0.717, 1.165) is 12.1 Å². The zero-order valence-corrected chi connectivity index (χ0v) is 10.6. The second-order valence-corrected chi connectivity index (χ2v) is 2.66. The molecule has 0 nitrogen and oxygen atoms in total. The first kappa shape index (κ1) is 13.9. The maximum absolute atomic E-state index is 12.5. The van der Waals surface area contributed by atoms with Crippen molar-refractivity contribution in [3.8, 4) is 0 Å². The Bertz CT molecular complexity index is 301. The Labute approximate surface area is 120 Å². The quantitative estimate of drug-likeness (QED) is 0.457. The molecule has 13 heavy (non-hydrogen) atoms. The summed E-state index contributed by atoms with van der Waals surface area (Å²) in [6.45, 7) is -5.14. The van der Waals surface area contributed by atoms with Gasteiger partial charge < -0.3 is 12.9 Å². The number of halogens is 5. The maximum Gasteiger partial charge on any atom is 1.00 e. The van der Waals surface area contributed by atoms with Gasteiger partial charge in [-0.05, 0) is 6.07 Å². The van der Waals surface area contributed by atoms with Gasteiger partial charge in [-0.2, -0.15) is 0 Å². The van der Waals surface area contributed by atoms with Gasteiger partial charge in [0, 0.05) is 0 Å².